The van der Waals surface area contributed by atoms with Crippen molar-refractivity contribution < 1.29 is 14.3 Å². The van der Waals surface area contributed by atoms with Crippen LogP contribution in [0.1, 0.15) is 35.2 Å². The van der Waals surface area contributed by atoms with Gasteiger partial charge in [-0.25, -0.2) is 0 Å². The predicted octanol–water partition coefficient (Wildman–Crippen LogP) is 1.83. The summed E-state index contributed by atoms with van der Waals surface area (Å²) >= 11 is 6.22. The minimum atomic E-state index is -0.145. The molecule has 0 bridgehead atoms. The molecule has 26 heavy (non-hydrogen) atoms. The first-order valence-electron chi connectivity index (χ1n) is 9.33. The summed E-state index contributed by atoms with van der Waals surface area (Å²) < 4.78 is 11.4. The number of aryl methyl sites for hydroxylation is 1. The number of rotatable bonds is 6. The molecule has 0 saturated carbocycles. The fraction of sp³-hybridized carbons (Fsp3) is 0.632. The molecule has 0 aromatic heterocycles. The number of hydrogen-bond donors (Lipinski definition) is 2. The van der Waals surface area contributed by atoms with E-state index in [0.29, 0.717) is 29.5 Å². The Balaban J connectivity index is 1.69. The Labute approximate surface area is 160 Å². The molecule has 2 heterocycles. The van der Waals surface area contributed by atoms with Crippen LogP contribution >= 0.6 is 11.6 Å². The van der Waals surface area contributed by atoms with Gasteiger partial charge in [-0.15, -0.1) is 0 Å². The number of carbonyl (C=O) groups is 1. The Morgan fingerprint density at radius 1 is 1.50 bits per heavy atom. The second kappa shape index (κ2) is 9.04. The Morgan fingerprint density at radius 2 is 2.35 bits per heavy atom. The number of nitrogens with zero attached hydrogens (tertiary/aromatic N) is 1. The van der Waals surface area contributed by atoms with Gasteiger partial charge in [0, 0.05) is 25.2 Å². The molecule has 2 unspecified atom stereocenters. The molecule has 2 aliphatic heterocycles. The van der Waals surface area contributed by atoms with Crippen molar-refractivity contribution in [3.8, 4) is 5.75 Å². The molecule has 2 atom stereocenters. The molecule has 1 saturated heterocycles. The van der Waals surface area contributed by atoms with Gasteiger partial charge >= 0.3 is 0 Å². The molecule has 0 radical (unpaired) electrons. The van der Waals surface area contributed by atoms with E-state index in [1.807, 2.05) is 6.07 Å². The zero-order valence-corrected chi connectivity index (χ0v) is 16.1. The number of nitrogens with one attached hydrogen (secondary N) is 1. The zero-order chi connectivity index (χ0) is 18.5. The Bertz CT molecular complexity index is 641. The van der Waals surface area contributed by atoms with E-state index in [9.17, 15) is 4.79 Å². The zero-order valence-electron chi connectivity index (χ0n) is 15.3. The monoisotopic (exact) mass is 381 g/mol. The maximum Gasteiger partial charge on any atom is 0.255 e. The summed E-state index contributed by atoms with van der Waals surface area (Å²) in [6, 6.07) is 3.56. The van der Waals surface area contributed by atoms with Gasteiger partial charge in [0.15, 0.2) is 0 Å². The number of benzene rings is 1. The van der Waals surface area contributed by atoms with Crippen LogP contribution in [0.5, 0.6) is 5.75 Å². The largest absolute Gasteiger partial charge is 0.492 e. The second-order valence-electron chi connectivity index (χ2n) is 6.98. The fourth-order valence-electron chi connectivity index (χ4n) is 3.76. The number of fused-ring (bicyclic) bond motifs is 1. The lowest BCUT2D eigenvalue weighted by Gasteiger charge is -2.38. The molecule has 1 fully saturated rings. The van der Waals surface area contributed by atoms with E-state index in [0.717, 1.165) is 50.9 Å². The third-order valence-corrected chi connectivity index (χ3v) is 5.37. The first kappa shape index (κ1) is 19.4. The lowest BCUT2D eigenvalue weighted by Crippen LogP contribution is -2.55. The molecular weight excluding hydrogens is 354 g/mol. The van der Waals surface area contributed by atoms with Gasteiger partial charge in [0.25, 0.3) is 5.91 Å². The minimum Gasteiger partial charge on any atom is -0.492 e. The maximum atomic E-state index is 12.9. The topological polar surface area (TPSA) is 76.8 Å². The Hall–Kier alpha value is -1.34. The van der Waals surface area contributed by atoms with Crippen LogP contribution in [0.3, 0.4) is 0 Å². The molecule has 6 nitrogen and oxygen atoms in total. The van der Waals surface area contributed by atoms with Crippen molar-refractivity contribution in [2.75, 3.05) is 39.9 Å². The highest BCUT2D eigenvalue weighted by molar-refractivity contribution is 6.31. The Morgan fingerprint density at radius 3 is 3.12 bits per heavy atom. The average molecular weight is 382 g/mol. The van der Waals surface area contributed by atoms with E-state index < -0.39 is 0 Å². The molecule has 2 aliphatic rings. The second-order valence-corrected chi connectivity index (χ2v) is 7.42. The number of halogens is 1. The lowest BCUT2D eigenvalue weighted by molar-refractivity contribution is 0.00629. The first-order valence-corrected chi connectivity index (χ1v) is 9.71. The van der Waals surface area contributed by atoms with Gasteiger partial charge in [-0.05, 0) is 56.5 Å². The third-order valence-electron chi connectivity index (χ3n) is 5.15. The third kappa shape index (κ3) is 4.49. The number of carbonyl (C=O) groups excluding carboxylic acids is 1. The van der Waals surface area contributed by atoms with Crippen LogP contribution in [0.25, 0.3) is 0 Å². The highest BCUT2D eigenvalue weighted by atomic mass is 35.5. The number of nitrogens with two attached hydrogens (primary N) is 1. The van der Waals surface area contributed by atoms with Crippen molar-refractivity contribution in [2.45, 2.75) is 37.8 Å². The van der Waals surface area contributed by atoms with Crippen molar-refractivity contribution in [1.82, 2.24) is 10.2 Å². The average Bonchev–Trinajstić information content (AvgIpc) is 2.66. The van der Waals surface area contributed by atoms with Gasteiger partial charge in [0.1, 0.15) is 5.75 Å². The maximum absolute atomic E-state index is 12.9. The molecule has 1 aromatic carbocycles. The fourth-order valence-corrected chi connectivity index (χ4v) is 4.00. The van der Waals surface area contributed by atoms with Gasteiger partial charge < -0.3 is 25.4 Å². The summed E-state index contributed by atoms with van der Waals surface area (Å²) in [5.41, 5.74) is 7.13. The van der Waals surface area contributed by atoms with E-state index >= 15 is 0 Å². The molecule has 0 spiro atoms. The standard InChI is InChI=1S/C19H28ClN3O3/c1-25-17-12-23(7-3-6-21)8-5-16(17)22-19(24)15-11-14(20)10-13-4-2-9-26-18(13)15/h10-11,16-17H,2-9,12,21H2,1H3,(H,22,24). The summed E-state index contributed by atoms with van der Waals surface area (Å²) in [6.45, 7) is 4.01. The molecule has 1 amide bonds. The van der Waals surface area contributed by atoms with Crippen LogP contribution in [0.2, 0.25) is 5.02 Å². The molecule has 3 rings (SSSR count). The van der Waals surface area contributed by atoms with Crippen molar-refractivity contribution >= 4 is 17.5 Å². The van der Waals surface area contributed by atoms with Crippen molar-refractivity contribution in [3.63, 3.8) is 0 Å². The van der Waals surface area contributed by atoms with Crippen LogP contribution < -0.4 is 15.8 Å². The summed E-state index contributed by atoms with van der Waals surface area (Å²) in [5.74, 6) is 0.528. The molecular formula is C19H28ClN3O3. The Kier molecular flexibility index (Phi) is 6.75. The van der Waals surface area contributed by atoms with Gasteiger partial charge in [-0.3, -0.25) is 4.79 Å². The summed E-state index contributed by atoms with van der Waals surface area (Å²) in [6.07, 6.45) is 3.61. The van der Waals surface area contributed by atoms with Crippen LogP contribution in [-0.4, -0.2) is 62.8 Å². The van der Waals surface area contributed by atoms with E-state index in [4.69, 9.17) is 26.8 Å². The normalized spacial score (nSPS) is 23.2. The molecule has 7 heteroatoms. The van der Waals surface area contributed by atoms with Gasteiger partial charge in [-0.1, -0.05) is 11.6 Å². The predicted molar refractivity (Wildman–Crippen MR) is 102 cm³/mol. The molecule has 1 aromatic rings. The lowest BCUT2D eigenvalue weighted by atomic mass is 9.99. The quantitative estimate of drug-likeness (QED) is 0.786. The summed E-state index contributed by atoms with van der Waals surface area (Å²) in [5, 5.41) is 3.71. The van der Waals surface area contributed by atoms with Crippen molar-refractivity contribution in [1.29, 1.82) is 0 Å². The van der Waals surface area contributed by atoms with E-state index in [-0.39, 0.29) is 18.1 Å². The van der Waals surface area contributed by atoms with Crippen LogP contribution in [-0.2, 0) is 11.2 Å². The van der Waals surface area contributed by atoms with Crippen molar-refractivity contribution in [2.24, 2.45) is 5.73 Å². The molecule has 3 N–H and O–H groups in total. The van der Waals surface area contributed by atoms with Gasteiger partial charge in [-0.2, -0.15) is 0 Å². The van der Waals surface area contributed by atoms with Crippen molar-refractivity contribution in [3.05, 3.63) is 28.3 Å². The van der Waals surface area contributed by atoms with Gasteiger partial charge in [0.05, 0.1) is 24.3 Å². The number of methoxy groups -OCH3 is 1. The number of ether oxygens (including phenoxy) is 2. The smallest absolute Gasteiger partial charge is 0.255 e. The van der Waals surface area contributed by atoms with Crippen LogP contribution in [0, 0.1) is 0 Å². The molecule has 0 aliphatic carbocycles. The van der Waals surface area contributed by atoms with Crippen LogP contribution in [0.4, 0.5) is 0 Å². The number of hydrogen-bond acceptors (Lipinski definition) is 5. The van der Waals surface area contributed by atoms with E-state index in [2.05, 4.69) is 10.2 Å². The van der Waals surface area contributed by atoms with Gasteiger partial charge in [0.2, 0.25) is 0 Å². The van der Waals surface area contributed by atoms with E-state index in [1.54, 1.807) is 13.2 Å². The van der Waals surface area contributed by atoms with E-state index in [1.165, 1.54) is 0 Å². The molecule has 144 valence electrons. The van der Waals surface area contributed by atoms with Crippen LogP contribution in [0.15, 0.2) is 12.1 Å². The number of piperidine rings is 1. The highest BCUT2D eigenvalue weighted by Gasteiger charge is 2.31. The summed E-state index contributed by atoms with van der Waals surface area (Å²) in [4.78, 5) is 15.3. The number of amides is 1. The highest BCUT2D eigenvalue weighted by Crippen LogP contribution is 2.32. The summed E-state index contributed by atoms with van der Waals surface area (Å²) in [7, 11) is 1.70. The SMILES string of the molecule is COC1CN(CCCN)CCC1NC(=O)c1cc(Cl)cc2c1OCCC2. The first-order chi connectivity index (χ1) is 12.6. The minimum absolute atomic E-state index is 0.0279. The number of likely N-dealkylation sites (tertiary alicyclic amines) is 1.